The maximum absolute atomic E-state index is 9.97. The lowest BCUT2D eigenvalue weighted by Crippen LogP contribution is -2.64. The average molecular weight is 196 g/mol. The second kappa shape index (κ2) is 4.77. The fourth-order valence-electron chi connectivity index (χ4n) is 2.23. The number of rotatable bonds is 5. The molecule has 1 aliphatic heterocycles. The van der Waals surface area contributed by atoms with Crippen molar-refractivity contribution in [3.05, 3.63) is 0 Å². The van der Waals surface area contributed by atoms with Gasteiger partial charge in [-0.05, 0) is 12.8 Å². The second-order valence-corrected chi connectivity index (χ2v) is 4.30. The Morgan fingerprint density at radius 3 is 2.57 bits per heavy atom. The third-order valence-electron chi connectivity index (χ3n) is 3.02. The summed E-state index contributed by atoms with van der Waals surface area (Å²) in [5.41, 5.74) is -0.461. The zero-order valence-corrected chi connectivity index (χ0v) is 9.16. The summed E-state index contributed by atoms with van der Waals surface area (Å²) >= 11 is 0. The number of nitriles is 1. The van der Waals surface area contributed by atoms with Crippen LogP contribution in [0.15, 0.2) is 0 Å². The number of likely N-dealkylation sites (tertiary alicyclic amines) is 1. The van der Waals surface area contributed by atoms with E-state index < -0.39 is 5.60 Å². The molecule has 1 fully saturated rings. The highest BCUT2D eigenvalue weighted by Gasteiger charge is 2.42. The normalized spacial score (nSPS) is 22.4. The minimum Gasteiger partial charge on any atom is -0.387 e. The van der Waals surface area contributed by atoms with Gasteiger partial charge in [-0.3, -0.25) is 4.90 Å². The first-order valence-electron chi connectivity index (χ1n) is 5.48. The summed E-state index contributed by atoms with van der Waals surface area (Å²) < 4.78 is 0. The first-order chi connectivity index (χ1) is 6.65. The van der Waals surface area contributed by atoms with E-state index in [4.69, 9.17) is 5.26 Å². The van der Waals surface area contributed by atoms with Crippen molar-refractivity contribution >= 4 is 0 Å². The van der Waals surface area contributed by atoms with E-state index in [1.165, 1.54) is 0 Å². The molecule has 0 aromatic carbocycles. The molecule has 1 rings (SSSR count). The largest absolute Gasteiger partial charge is 0.387 e. The van der Waals surface area contributed by atoms with E-state index in [-0.39, 0.29) is 0 Å². The van der Waals surface area contributed by atoms with Gasteiger partial charge in [-0.25, -0.2) is 0 Å². The molecule has 0 bridgehead atoms. The molecule has 0 spiro atoms. The van der Waals surface area contributed by atoms with Crippen LogP contribution in [0.25, 0.3) is 0 Å². The van der Waals surface area contributed by atoms with Gasteiger partial charge >= 0.3 is 0 Å². The number of aliphatic hydroxyl groups is 1. The Kier molecular flexibility index (Phi) is 3.91. The summed E-state index contributed by atoms with van der Waals surface area (Å²) in [5, 5.41) is 18.6. The molecular weight excluding hydrogens is 176 g/mol. The van der Waals surface area contributed by atoms with Gasteiger partial charge in [-0.15, -0.1) is 0 Å². The van der Waals surface area contributed by atoms with Crippen molar-refractivity contribution in [2.24, 2.45) is 0 Å². The first kappa shape index (κ1) is 11.5. The Bertz CT molecular complexity index is 216. The van der Waals surface area contributed by atoms with Crippen molar-refractivity contribution < 1.29 is 5.11 Å². The average Bonchev–Trinajstić information content (AvgIpc) is 2.11. The van der Waals surface area contributed by atoms with Crippen molar-refractivity contribution in [2.75, 3.05) is 13.1 Å². The Balaban J connectivity index is 2.35. The van der Waals surface area contributed by atoms with Crippen LogP contribution in [-0.4, -0.2) is 34.7 Å². The molecule has 0 radical (unpaired) electrons. The predicted molar refractivity (Wildman–Crippen MR) is 55.7 cm³/mol. The molecule has 1 heterocycles. The van der Waals surface area contributed by atoms with Gasteiger partial charge in [0.1, 0.15) is 0 Å². The van der Waals surface area contributed by atoms with Gasteiger partial charge in [0.25, 0.3) is 0 Å². The molecule has 0 saturated carbocycles. The van der Waals surface area contributed by atoms with E-state index in [2.05, 4.69) is 24.8 Å². The van der Waals surface area contributed by atoms with E-state index in [0.717, 1.165) is 32.4 Å². The topological polar surface area (TPSA) is 47.3 Å². The minimum absolute atomic E-state index is 0.345. The lowest BCUT2D eigenvalue weighted by atomic mass is 9.87. The number of hydrogen-bond donors (Lipinski definition) is 1. The third-order valence-corrected chi connectivity index (χ3v) is 3.02. The van der Waals surface area contributed by atoms with Gasteiger partial charge in [-0.2, -0.15) is 5.26 Å². The Morgan fingerprint density at radius 2 is 2.14 bits per heavy atom. The second-order valence-electron chi connectivity index (χ2n) is 4.30. The van der Waals surface area contributed by atoms with Crippen molar-refractivity contribution in [3.63, 3.8) is 0 Å². The molecule has 14 heavy (non-hydrogen) atoms. The summed E-state index contributed by atoms with van der Waals surface area (Å²) in [6, 6.07) is 2.55. The van der Waals surface area contributed by atoms with E-state index in [1.807, 2.05) is 0 Å². The van der Waals surface area contributed by atoms with Gasteiger partial charge < -0.3 is 5.11 Å². The summed E-state index contributed by atoms with van der Waals surface area (Å²) in [5.74, 6) is 0. The Labute approximate surface area is 86.3 Å². The standard InChI is InChI=1S/C11H20N2O/c1-3-6-11(14)8-13(9-11)10(4-2)5-7-12/h10,14H,3-6,8-9H2,1-2H3. The van der Waals surface area contributed by atoms with Crippen LogP contribution in [-0.2, 0) is 0 Å². The Hall–Kier alpha value is -0.590. The van der Waals surface area contributed by atoms with Crippen molar-refractivity contribution in [2.45, 2.75) is 51.2 Å². The van der Waals surface area contributed by atoms with E-state index >= 15 is 0 Å². The fraction of sp³-hybridized carbons (Fsp3) is 0.909. The molecule has 1 saturated heterocycles. The highest BCUT2D eigenvalue weighted by molar-refractivity contribution is 4.99. The van der Waals surface area contributed by atoms with Crippen LogP contribution in [0.3, 0.4) is 0 Å². The van der Waals surface area contributed by atoms with Gasteiger partial charge in [-0.1, -0.05) is 20.3 Å². The number of hydrogen-bond acceptors (Lipinski definition) is 3. The quantitative estimate of drug-likeness (QED) is 0.725. The molecule has 3 nitrogen and oxygen atoms in total. The maximum atomic E-state index is 9.97. The molecule has 1 atom stereocenters. The molecule has 1 aliphatic rings. The zero-order chi connectivity index (χ0) is 10.6. The fourth-order valence-corrected chi connectivity index (χ4v) is 2.23. The smallest absolute Gasteiger partial charge is 0.0900 e. The zero-order valence-electron chi connectivity index (χ0n) is 9.16. The van der Waals surface area contributed by atoms with Gasteiger partial charge in [0, 0.05) is 19.1 Å². The van der Waals surface area contributed by atoms with Crippen LogP contribution in [0, 0.1) is 11.3 Å². The predicted octanol–water partition coefficient (Wildman–Crippen LogP) is 1.53. The molecular formula is C11H20N2O. The molecule has 0 amide bonds. The van der Waals surface area contributed by atoms with Crippen molar-refractivity contribution in [3.8, 4) is 6.07 Å². The summed E-state index contributed by atoms with van der Waals surface area (Å²) in [4.78, 5) is 2.22. The third kappa shape index (κ3) is 2.46. The first-order valence-corrected chi connectivity index (χ1v) is 5.48. The SMILES string of the molecule is CCCC1(O)CN(C(CC)CC#N)C1. The van der Waals surface area contributed by atoms with Crippen molar-refractivity contribution in [1.29, 1.82) is 5.26 Å². The molecule has 0 aliphatic carbocycles. The monoisotopic (exact) mass is 196 g/mol. The molecule has 0 aromatic rings. The minimum atomic E-state index is -0.461. The van der Waals surface area contributed by atoms with Crippen LogP contribution < -0.4 is 0 Å². The maximum Gasteiger partial charge on any atom is 0.0900 e. The highest BCUT2D eigenvalue weighted by Crippen LogP contribution is 2.29. The molecule has 1 unspecified atom stereocenters. The van der Waals surface area contributed by atoms with Crippen LogP contribution >= 0.6 is 0 Å². The van der Waals surface area contributed by atoms with Gasteiger partial charge in [0.15, 0.2) is 0 Å². The van der Waals surface area contributed by atoms with Crippen LogP contribution in [0.1, 0.15) is 39.5 Å². The summed E-state index contributed by atoms with van der Waals surface area (Å²) in [7, 11) is 0. The molecule has 1 N–H and O–H groups in total. The highest BCUT2D eigenvalue weighted by atomic mass is 16.3. The number of β-amino-alcohol motifs (C(OH)–C–C–N with tert-alkyl or cyclic N) is 1. The van der Waals surface area contributed by atoms with E-state index in [1.54, 1.807) is 0 Å². The molecule has 0 aromatic heterocycles. The Morgan fingerprint density at radius 1 is 1.50 bits per heavy atom. The van der Waals surface area contributed by atoms with Crippen LogP contribution in [0.2, 0.25) is 0 Å². The molecule has 80 valence electrons. The summed E-state index contributed by atoms with van der Waals surface area (Å²) in [6.45, 7) is 5.69. The van der Waals surface area contributed by atoms with Crippen molar-refractivity contribution in [1.82, 2.24) is 4.90 Å². The van der Waals surface area contributed by atoms with Crippen LogP contribution in [0.5, 0.6) is 0 Å². The van der Waals surface area contributed by atoms with Crippen LogP contribution in [0.4, 0.5) is 0 Å². The van der Waals surface area contributed by atoms with E-state index in [0.29, 0.717) is 12.5 Å². The lowest BCUT2D eigenvalue weighted by Gasteiger charge is -2.49. The molecule has 3 heteroatoms. The number of nitrogens with zero attached hydrogens (tertiary/aromatic N) is 2. The summed E-state index contributed by atoms with van der Waals surface area (Å²) in [6.07, 6.45) is 3.49. The van der Waals surface area contributed by atoms with Gasteiger partial charge in [0.2, 0.25) is 0 Å². The van der Waals surface area contributed by atoms with Gasteiger partial charge in [0.05, 0.1) is 18.1 Å². The lowest BCUT2D eigenvalue weighted by molar-refractivity contribution is -0.119. The van der Waals surface area contributed by atoms with E-state index in [9.17, 15) is 5.11 Å².